The maximum Gasteiger partial charge on any atom is 0.244 e. The van der Waals surface area contributed by atoms with Crippen molar-refractivity contribution >= 4 is 50.7 Å². The van der Waals surface area contributed by atoms with Gasteiger partial charge in [0, 0.05) is 34.8 Å². The van der Waals surface area contributed by atoms with Crippen LogP contribution in [0.1, 0.15) is 25.8 Å². The van der Waals surface area contributed by atoms with E-state index in [9.17, 15) is 18.0 Å². The zero-order valence-electron chi connectivity index (χ0n) is 19.5. The zero-order valence-corrected chi connectivity index (χ0v) is 21.9. The Bertz CT molecular complexity index is 1110. The summed E-state index contributed by atoms with van der Waals surface area (Å²) in [5.41, 5.74) is 0.718. The van der Waals surface area contributed by atoms with Crippen LogP contribution < -0.4 is 14.4 Å². The normalized spacial score (nSPS) is 12.1. The quantitative estimate of drug-likeness (QED) is 0.478. The lowest BCUT2D eigenvalue weighted by molar-refractivity contribution is -0.139. The number of anilines is 1. The van der Waals surface area contributed by atoms with Crippen molar-refractivity contribution in [3.05, 3.63) is 58.1 Å². The summed E-state index contributed by atoms with van der Waals surface area (Å²) in [5.74, 6) is -0.528. The van der Waals surface area contributed by atoms with Crippen LogP contribution in [0.25, 0.3) is 0 Å². The predicted octanol–water partition coefficient (Wildman–Crippen LogP) is 3.71. The van der Waals surface area contributed by atoms with Gasteiger partial charge >= 0.3 is 0 Å². The number of methoxy groups -OCH3 is 1. The lowest BCUT2D eigenvalue weighted by Crippen LogP contribution is -2.51. The van der Waals surface area contributed by atoms with Gasteiger partial charge in [0.05, 0.1) is 19.1 Å². The number of benzene rings is 2. The van der Waals surface area contributed by atoms with Crippen molar-refractivity contribution in [2.24, 2.45) is 0 Å². The lowest BCUT2D eigenvalue weighted by atomic mass is 10.1. The van der Waals surface area contributed by atoms with Gasteiger partial charge in [-0.3, -0.25) is 13.9 Å². The zero-order chi connectivity index (χ0) is 25.5. The first-order chi connectivity index (χ1) is 16.0. The Kier molecular flexibility index (Phi) is 10.0. The molecule has 1 atom stereocenters. The highest BCUT2D eigenvalue weighted by Gasteiger charge is 2.31. The third kappa shape index (κ3) is 7.25. The number of sulfonamides is 1. The van der Waals surface area contributed by atoms with Gasteiger partial charge in [-0.05, 0) is 37.6 Å². The van der Waals surface area contributed by atoms with Gasteiger partial charge in [-0.15, -0.1) is 0 Å². The summed E-state index contributed by atoms with van der Waals surface area (Å²) in [6.07, 6.45) is 1.73. The molecule has 0 spiro atoms. The van der Waals surface area contributed by atoms with E-state index in [0.29, 0.717) is 27.9 Å². The molecule has 11 heteroatoms. The standard InChI is InChI=1S/C23H29Cl2N3O5S/c1-5-12-26-23(30)16(2)27(14-19-20(24)10-7-11-21(19)25)22(29)15-28(34(4,31)32)17-8-6-9-18(13-17)33-3/h6-11,13,16H,5,12,14-15H2,1-4H3,(H,26,30)/t16-/m0/s1. The number of nitrogens with one attached hydrogen (secondary N) is 1. The number of hydrogen-bond donors (Lipinski definition) is 1. The van der Waals surface area contributed by atoms with Crippen LogP contribution >= 0.6 is 23.2 Å². The van der Waals surface area contributed by atoms with Crippen LogP contribution in [-0.4, -0.2) is 57.6 Å². The summed E-state index contributed by atoms with van der Waals surface area (Å²) in [6, 6.07) is 10.4. The summed E-state index contributed by atoms with van der Waals surface area (Å²) in [4.78, 5) is 27.5. The molecule has 2 aromatic rings. The van der Waals surface area contributed by atoms with E-state index in [-0.39, 0.29) is 18.1 Å². The van der Waals surface area contributed by atoms with E-state index in [1.807, 2.05) is 6.92 Å². The molecule has 0 saturated heterocycles. The van der Waals surface area contributed by atoms with Gasteiger partial charge in [0.15, 0.2) is 0 Å². The van der Waals surface area contributed by atoms with Crippen molar-refractivity contribution in [1.29, 1.82) is 0 Å². The third-order valence-corrected chi connectivity index (χ3v) is 6.98. The number of amides is 2. The number of hydrogen-bond acceptors (Lipinski definition) is 5. The van der Waals surface area contributed by atoms with Crippen LogP contribution in [0.2, 0.25) is 10.0 Å². The van der Waals surface area contributed by atoms with Gasteiger partial charge < -0.3 is 15.0 Å². The first kappa shape index (κ1) is 27.8. The van der Waals surface area contributed by atoms with Crippen molar-refractivity contribution in [3.63, 3.8) is 0 Å². The molecular formula is C23H29Cl2N3O5S. The number of rotatable bonds is 11. The van der Waals surface area contributed by atoms with Crippen LogP contribution in [0.3, 0.4) is 0 Å². The molecular weight excluding hydrogens is 501 g/mol. The number of nitrogens with zero attached hydrogens (tertiary/aromatic N) is 2. The van der Waals surface area contributed by atoms with E-state index in [2.05, 4.69) is 5.32 Å². The predicted molar refractivity (Wildman–Crippen MR) is 135 cm³/mol. The largest absolute Gasteiger partial charge is 0.497 e. The van der Waals surface area contributed by atoms with Gasteiger partial charge in [0.25, 0.3) is 0 Å². The highest BCUT2D eigenvalue weighted by molar-refractivity contribution is 7.92. The Morgan fingerprint density at radius 2 is 1.74 bits per heavy atom. The van der Waals surface area contributed by atoms with E-state index in [0.717, 1.165) is 17.0 Å². The monoisotopic (exact) mass is 529 g/mol. The number of carbonyl (C=O) groups is 2. The molecule has 34 heavy (non-hydrogen) atoms. The Morgan fingerprint density at radius 1 is 1.12 bits per heavy atom. The number of halogens is 2. The minimum Gasteiger partial charge on any atom is -0.497 e. The van der Waals surface area contributed by atoms with Crippen molar-refractivity contribution in [3.8, 4) is 5.75 Å². The second kappa shape index (κ2) is 12.3. The Morgan fingerprint density at radius 3 is 2.29 bits per heavy atom. The summed E-state index contributed by atoms with van der Waals surface area (Å²) in [5, 5.41) is 3.43. The van der Waals surface area contributed by atoms with Crippen molar-refractivity contribution in [2.75, 3.05) is 30.8 Å². The fourth-order valence-electron chi connectivity index (χ4n) is 3.21. The van der Waals surface area contributed by atoms with Gasteiger partial charge in [0.2, 0.25) is 21.8 Å². The maximum absolute atomic E-state index is 13.5. The van der Waals surface area contributed by atoms with Crippen LogP contribution in [0.4, 0.5) is 5.69 Å². The average Bonchev–Trinajstić information content (AvgIpc) is 2.79. The van der Waals surface area contributed by atoms with Gasteiger partial charge in [-0.25, -0.2) is 8.42 Å². The SMILES string of the molecule is CCCNC(=O)[C@H](C)N(Cc1c(Cl)cccc1Cl)C(=O)CN(c1cccc(OC)c1)S(C)(=O)=O. The van der Waals surface area contributed by atoms with E-state index in [1.165, 1.54) is 18.1 Å². The summed E-state index contributed by atoms with van der Waals surface area (Å²) < 4.78 is 31.3. The fourth-order valence-corrected chi connectivity index (χ4v) is 4.57. The highest BCUT2D eigenvalue weighted by Crippen LogP contribution is 2.28. The molecule has 8 nitrogen and oxygen atoms in total. The average molecular weight is 530 g/mol. The molecule has 0 bridgehead atoms. The Labute approximate surface area is 210 Å². The van der Waals surface area contributed by atoms with Crippen molar-refractivity contribution in [1.82, 2.24) is 10.2 Å². The molecule has 0 aliphatic rings. The van der Waals surface area contributed by atoms with E-state index < -0.39 is 28.5 Å². The Hall–Kier alpha value is -2.49. The number of ether oxygens (including phenoxy) is 1. The molecule has 0 aromatic heterocycles. The van der Waals surface area contributed by atoms with Gasteiger partial charge in [-0.2, -0.15) is 0 Å². The third-order valence-electron chi connectivity index (χ3n) is 5.13. The first-order valence-electron chi connectivity index (χ1n) is 10.6. The molecule has 0 heterocycles. The molecule has 0 unspecified atom stereocenters. The summed E-state index contributed by atoms with van der Waals surface area (Å²) in [6.45, 7) is 3.32. The molecule has 186 valence electrons. The molecule has 2 aromatic carbocycles. The van der Waals surface area contributed by atoms with E-state index >= 15 is 0 Å². The molecule has 0 fully saturated rings. The molecule has 0 aliphatic carbocycles. The van der Waals surface area contributed by atoms with Crippen molar-refractivity contribution < 1.29 is 22.7 Å². The van der Waals surface area contributed by atoms with Crippen molar-refractivity contribution in [2.45, 2.75) is 32.9 Å². The number of carbonyl (C=O) groups excluding carboxylic acids is 2. The maximum atomic E-state index is 13.5. The second-order valence-electron chi connectivity index (χ2n) is 7.66. The van der Waals surface area contributed by atoms with Crippen LogP contribution in [-0.2, 0) is 26.2 Å². The minimum atomic E-state index is -3.84. The van der Waals surface area contributed by atoms with Crippen LogP contribution in [0.5, 0.6) is 5.75 Å². The highest BCUT2D eigenvalue weighted by atomic mass is 35.5. The second-order valence-corrected chi connectivity index (χ2v) is 10.4. The van der Waals surface area contributed by atoms with Crippen LogP contribution in [0.15, 0.2) is 42.5 Å². The molecule has 0 radical (unpaired) electrons. The fraction of sp³-hybridized carbons (Fsp3) is 0.391. The lowest BCUT2D eigenvalue weighted by Gasteiger charge is -2.32. The van der Waals surface area contributed by atoms with E-state index in [1.54, 1.807) is 43.3 Å². The van der Waals surface area contributed by atoms with Gasteiger partial charge in [0.1, 0.15) is 18.3 Å². The topological polar surface area (TPSA) is 96.0 Å². The Balaban J connectivity index is 2.44. The van der Waals surface area contributed by atoms with Crippen LogP contribution in [0, 0.1) is 0 Å². The molecule has 2 amide bonds. The molecule has 0 saturated carbocycles. The van der Waals surface area contributed by atoms with E-state index in [4.69, 9.17) is 27.9 Å². The summed E-state index contributed by atoms with van der Waals surface area (Å²) >= 11 is 12.6. The minimum absolute atomic E-state index is 0.0756. The smallest absolute Gasteiger partial charge is 0.244 e. The molecule has 2 rings (SSSR count). The summed E-state index contributed by atoms with van der Waals surface area (Å²) in [7, 11) is -2.38. The van der Waals surface area contributed by atoms with Gasteiger partial charge in [-0.1, -0.05) is 42.3 Å². The molecule has 0 aliphatic heterocycles. The first-order valence-corrected chi connectivity index (χ1v) is 13.2. The molecule has 1 N–H and O–H groups in total.